The van der Waals surface area contributed by atoms with Gasteiger partial charge < -0.3 is 10.5 Å². The maximum atomic E-state index is 11.3. The molecule has 4 nitrogen and oxygen atoms in total. The topological polar surface area (TPSA) is 57.2 Å². The Morgan fingerprint density at radius 1 is 1.43 bits per heavy atom. The van der Waals surface area contributed by atoms with Gasteiger partial charge in [-0.05, 0) is 18.2 Å². The lowest BCUT2D eigenvalue weighted by Gasteiger charge is -2.01. The van der Waals surface area contributed by atoms with Crippen molar-refractivity contribution in [1.29, 1.82) is 0 Å². The summed E-state index contributed by atoms with van der Waals surface area (Å²) in [4.78, 5) is 11.3. The van der Waals surface area contributed by atoms with Crippen molar-refractivity contribution in [1.82, 2.24) is 4.57 Å². The summed E-state index contributed by atoms with van der Waals surface area (Å²) in [5.74, 6) is 0. The molecule has 0 bridgehead atoms. The molecule has 0 saturated carbocycles. The minimum atomic E-state index is -0.411. The number of ether oxygens (including phenoxy) is 1. The van der Waals surface area contributed by atoms with Crippen LogP contribution < -0.4 is 5.73 Å². The van der Waals surface area contributed by atoms with Crippen molar-refractivity contribution in [2.24, 2.45) is 0 Å². The van der Waals surface area contributed by atoms with E-state index in [1.165, 1.54) is 11.7 Å². The third-order valence-electron chi connectivity index (χ3n) is 2.09. The Kier molecular flexibility index (Phi) is 1.89. The Hall–Kier alpha value is -1.97. The van der Waals surface area contributed by atoms with Crippen LogP contribution >= 0.6 is 0 Å². The minimum absolute atomic E-state index is 0.411. The van der Waals surface area contributed by atoms with Crippen molar-refractivity contribution in [3.63, 3.8) is 0 Å². The molecule has 1 aromatic carbocycles. The average molecular weight is 190 g/mol. The van der Waals surface area contributed by atoms with Gasteiger partial charge in [0.05, 0.1) is 12.6 Å². The molecule has 2 rings (SSSR count). The first kappa shape index (κ1) is 8.62. The first-order valence-electron chi connectivity index (χ1n) is 4.17. The summed E-state index contributed by atoms with van der Waals surface area (Å²) in [6, 6.07) is 7.24. The standard InChI is InChI=1S/C10H10N2O2/c1-14-10(13)12-5-4-7-2-3-8(11)6-9(7)12/h2-6H,11H2,1H3. The van der Waals surface area contributed by atoms with Crippen molar-refractivity contribution >= 4 is 22.7 Å². The molecular formula is C10H10N2O2. The SMILES string of the molecule is COC(=O)n1ccc2ccc(N)cc21. The number of nitrogen functional groups attached to an aromatic ring is 1. The fraction of sp³-hybridized carbons (Fsp3) is 0.100. The zero-order chi connectivity index (χ0) is 10.1. The lowest BCUT2D eigenvalue weighted by Crippen LogP contribution is -2.09. The van der Waals surface area contributed by atoms with Gasteiger partial charge in [0.15, 0.2) is 0 Å². The Labute approximate surface area is 80.9 Å². The number of aromatic nitrogens is 1. The van der Waals surface area contributed by atoms with Crippen LogP contribution in [0, 0.1) is 0 Å². The number of carbonyl (C=O) groups excluding carboxylic acids is 1. The van der Waals surface area contributed by atoms with E-state index in [0.717, 1.165) is 10.9 Å². The molecule has 0 aliphatic heterocycles. The smallest absolute Gasteiger partial charge is 0.418 e. The van der Waals surface area contributed by atoms with Crippen LogP contribution in [0.25, 0.3) is 10.9 Å². The van der Waals surface area contributed by atoms with Crippen molar-refractivity contribution < 1.29 is 9.53 Å². The number of anilines is 1. The van der Waals surface area contributed by atoms with Crippen LogP contribution in [-0.2, 0) is 4.74 Å². The van der Waals surface area contributed by atoms with Crippen molar-refractivity contribution in [2.45, 2.75) is 0 Å². The zero-order valence-corrected chi connectivity index (χ0v) is 7.73. The summed E-state index contributed by atoms with van der Waals surface area (Å²) in [5.41, 5.74) is 7.02. The van der Waals surface area contributed by atoms with E-state index in [1.54, 1.807) is 18.3 Å². The van der Waals surface area contributed by atoms with Gasteiger partial charge in [-0.15, -0.1) is 0 Å². The van der Waals surface area contributed by atoms with Gasteiger partial charge in [0, 0.05) is 17.3 Å². The second-order valence-electron chi connectivity index (χ2n) is 2.97. The summed E-state index contributed by atoms with van der Waals surface area (Å²) < 4.78 is 6.05. The van der Waals surface area contributed by atoms with E-state index in [9.17, 15) is 4.79 Å². The highest BCUT2D eigenvalue weighted by atomic mass is 16.5. The summed E-state index contributed by atoms with van der Waals surface area (Å²) >= 11 is 0. The van der Waals surface area contributed by atoms with E-state index in [2.05, 4.69) is 4.74 Å². The fourth-order valence-corrected chi connectivity index (χ4v) is 1.40. The summed E-state index contributed by atoms with van der Waals surface area (Å²) in [6.07, 6.45) is 1.25. The Morgan fingerprint density at radius 2 is 2.21 bits per heavy atom. The van der Waals surface area contributed by atoms with Gasteiger partial charge in [-0.2, -0.15) is 0 Å². The van der Waals surface area contributed by atoms with Crippen LogP contribution in [0.15, 0.2) is 30.5 Å². The van der Waals surface area contributed by atoms with Crippen molar-refractivity contribution in [3.05, 3.63) is 30.5 Å². The highest BCUT2D eigenvalue weighted by Crippen LogP contribution is 2.18. The van der Waals surface area contributed by atoms with E-state index in [-0.39, 0.29) is 0 Å². The molecule has 0 aliphatic carbocycles. The molecule has 0 aliphatic rings. The normalized spacial score (nSPS) is 10.4. The predicted octanol–water partition coefficient (Wildman–Crippen LogP) is 1.84. The van der Waals surface area contributed by atoms with Crippen LogP contribution in [0.5, 0.6) is 0 Å². The highest BCUT2D eigenvalue weighted by molar-refractivity contribution is 5.91. The van der Waals surface area contributed by atoms with Crippen LogP contribution in [0.2, 0.25) is 0 Å². The maximum absolute atomic E-state index is 11.3. The average Bonchev–Trinajstić information content (AvgIpc) is 2.59. The second kappa shape index (κ2) is 3.06. The zero-order valence-electron chi connectivity index (χ0n) is 7.73. The van der Waals surface area contributed by atoms with E-state index in [1.807, 2.05) is 12.1 Å². The molecule has 2 N–H and O–H groups in total. The molecule has 0 unspecified atom stereocenters. The van der Waals surface area contributed by atoms with Gasteiger partial charge in [-0.3, -0.25) is 4.57 Å². The molecule has 72 valence electrons. The molecule has 2 aromatic rings. The molecule has 0 saturated heterocycles. The first-order valence-corrected chi connectivity index (χ1v) is 4.17. The number of hydrogen-bond acceptors (Lipinski definition) is 3. The van der Waals surface area contributed by atoms with Gasteiger partial charge >= 0.3 is 6.09 Å². The number of nitrogens with two attached hydrogens (primary N) is 1. The van der Waals surface area contributed by atoms with Crippen LogP contribution in [0.4, 0.5) is 10.5 Å². The summed E-state index contributed by atoms with van der Waals surface area (Å²) in [5, 5.41) is 0.963. The second-order valence-corrected chi connectivity index (χ2v) is 2.97. The summed E-state index contributed by atoms with van der Waals surface area (Å²) in [7, 11) is 1.35. The molecule has 4 heteroatoms. The van der Waals surface area contributed by atoms with Gasteiger partial charge in [-0.25, -0.2) is 4.79 Å². The lowest BCUT2D eigenvalue weighted by molar-refractivity contribution is 0.174. The minimum Gasteiger partial charge on any atom is -0.452 e. The third-order valence-corrected chi connectivity index (χ3v) is 2.09. The number of hydrogen-bond donors (Lipinski definition) is 1. The Balaban J connectivity index is 2.67. The van der Waals surface area contributed by atoms with Crippen molar-refractivity contribution in [2.75, 3.05) is 12.8 Å². The van der Waals surface area contributed by atoms with Gasteiger partial charge in [-0.1, -0.05) is 6.07 Å². The van der Waals surface area contributed by atoms with Gasteiger partial charge in [0.25, 0.3) is 0 Å². The molecule has 0 radical (unpaired) electrons. The number of benzene rings is 1. The number of methoxy groups -OCH3 is 1. The number of rotatable bonds is 0. The predicted molar refractivity (Wildman–Crippen MR) is 54.2 cm³/mol. The van der Waals surface area contributed by atoms with Gasteiger partial charge in [0.2, 0.25) is 0 Å². The van der Waals surface area contributed by atoms with E-state index < -0.39 is 6.09 Å². The fourth-order valence-electron chi connectivity index (χ4n) is 1.40. The number of carbonyl (C=O) groups is 1. The van der Waals surface area contributed by atoms with Crippen LogP contribution in [0.3, 0.4) is 0 Å². The van der Waals surface area contributed by atoms with Crippen molar-refractivity contribution in [3.8, 4) is 0 Å². The molecule has 14 heavy (non-hydrogen) atoms. The molecule has 0 fully saturated rings. The highest BCUT2D eigenvalue weighted by Gasteiger charge is 2.07. The largest absolute Gasteiger partial charge is 0.452 e. The third kappa shape index (κ3) is 1.21. The molecule has 0 atom stereocenters. The molecule has 0 spiro atoms. The number of nitrogens with zero attached hydrogens (tertiary/aromatic N) is 1. The Bertz CT molecular complexity index is 488. The first-order chi connectivity index (χ1) is 6.72. The van der Waals surface area contributed by atoms with E-state index in [0.29, 0.717) is 5.69 Å². The maximum Gasteiger partial charge on any atom is 0.418 e. The van der Waals surface area contributed by atoms with Gasteiger partial charge in [0.1, 0.15) is 0 Å². The summed E-state index contributed by atoms with van der Waals surface area (Å²) in [6.45, 7) is 0. The monoisotopic (exact) mass is 190 g/mol. The van der Waals surface area contributed by atoms with Crippen LogP contribution in [-0.4, -0.2) is 17.8 Å². The van der Waals surface area contributed by atoms with E-state index in [4.69, 9.17) is 5.73 Å². The van der Waals surface area contributed by atoms with E-state index >= 15 is 0 Å². The molecule has 1 aromatic heterocycles. The lowest BCUT2D eigenvalue weighted by atomic mass is 10.2. The Morgan fingerprint density at radius 3 is 2.93 bits per heavy atom. The number of fused-ring (bicyclic) bond motifs is 1. The van der Waals surface area contributed by atoms with Crippen LogP contribution in [0.1, 0.15) is 0 Å². The molecule has 1 heterocycles. The molecule has 0 amide bonds. The quantitative estimate of drug-likeness (QED) is 0.645. The molecular weight excluding hydrogens is 180 g/mol.